The summed E-state index contributed by atoms with van der Waals surface area (Å²) >= 11 is 0. The van der Waals surface area contributed by atoms with Gasteiger partial charge in [-0.3, -0.25) is 9.69 Å². The molecule has 1 N–H and O–H groups in total. The summed E-state index contributed by atoms with van der Waals surface area (Å²) in [6, 6.07) is 6.16. The summed E-state index contributed by atoms with van der Waals surface area (Å²) < 4.78 is 11.2. The maximum absolute atomic E-state index is 12.6. The van der Waals surface area contributed by atoms with Crippen molar-refractivity contribution in [1.29, 1.82) is 0 Å². The van der Waals surface area contributed by atoms with E-state index in [2.05, 4.69) is 17.1 Å². The topological polar surface area (TPSA) is 50.8 Å². The van der Waals surface area contributed by atoms with Crippen molar-refractivity contribution in [3.8, 4) is 11.5 Å². The summed E-state index contributed by atoms with van der Waals surface area (Å²) in [5.41, 5.74) is 1.12. The average Bonchev–Trinajstić information content (AvgIpc) is 2.62. The minimum absolute atomic E-state index is 0.124. The maximum atomic E-state index is 12.6. The molecule has 3 unspecified atom stereocenters. The van der Waals surface area contributed by atoms with E-state index in [1.165, 1.54) is 19.3 Å². The number of likely N-dealkylation sites (N-methyl/N-ethyl adjacent to an activating group) is 1. The minimum Gasteiger partial charge on any atom is -0.486 e. The van der Waals surface area contributed by atoms with Gasteiger partial charge in [0.1, 0.15) is 13.2 Å². The van der Waals surface area contributed by atoms with Crippen molar-refractivity contribution < 1.29 is 14.3 Å². The van der Waals surface area contributed by atoms with Crippen LogP contribution in [0.15, 0.2) is 18.2 Å². The van der Waals surface area contributed by atoms with E-state index in [4.69, 9.17) is 9.47 Å². The number of ether oxygens (including phenoxy) is 2. The van der Waals surface area contributed by atoms with E-state index in [0.29, 0.717) is 31.7 Å². The van der Waals surface area contributed by atoms with Crippen molar-refractivity contribution in [1.82, 2.24) is 10.2 Å². The molecule has 1 aromatic carbocycles. The summed E-state index contributed by atoms with van der Waals surface area (Å²) in [4.78, 5) is 14.7. The van der Waals surface area contributed by atoms with Crippen LogP contribution in [-0.4, -0.2) is 43.2 Å². The number of nitrogens with one attached hydrogen (secondary N) is 1. The van der Waals surface area contributed by atoms with Crippen LogP contribution in [0.2, 0.25) is 0 Å². The van der Waals surface area contributed by atoms with E-state index in [9.17, 15) is 4.79 Å². The molecule has 3 rings (SSSR count). The van der Waals surface area contributed by atoms with Crippen molar-refractivity contribution in [2.45, 2.75) is 58.2 Å². The molecule has 0 radical (unpaired) electrons. The molecular weight excluding hydrogens is 316 g/mol. The Bertz CT molecular complexity index is 605. The van der Waals surface area contributed by atoms with Gasteiger partial charge in [-0.1, -0.05) is 25.8 Å². The molecule has 1 amide bonds. The van der Waals surface area contributed by atoms with Crippen LogP contribution in [0.4, 0.5) is 0 Å². The van der Waals surface area contributed by atoms with E-state index in [-0.39, 0.29) is 11.9 Å². The SMILES string of the molecule is CC1CCCCC1NC(=O)C(C)N(C)Cc1ccc2c(c1)OCCO2. The molecule has 138 valence electrons. The zero-order valence-corrected chi connectivity index (χ0v) is 15.6. The van der Waals surface area contributed by atoms with Crippen molar-refractivity contribution >= 4 is 5.91 Å². The number of carbonyl (C=O) groups excluding carboxylic acids is 1. The first-order valence-corrected chi connectivity index (χ1v) is 9.43. The average molecular weight is 346 g/mol. The minimum atomic E-state index is -0.165. The standard InChI is InChI=1S/C20H30N2O3/c1-14-6-4-5-7-17(14)21-20(23)15(2)22(3)13-16-8-9-18-19(12-16)25-11-10-24-18/h8-9,12,14-15,17H,4-7,10-11,13H2,1-3H3,(H,21,23). The monoisotopic (exact) mass is 346 g/mol. The molecule has 1 aliphatic carbocycles. The fourth-order valence-electron chi connectivity index (χ4n) is 3.65. The molecule has 5 heteroatoms. The Morgan fingerprint density at radius 2 is 1.96 bits per heavy atom. The lowest BCUT2D eigenvalue weighted by Crippen LogP contribution is -2.49. The second kappa shape index (κ2) is 8.09. The Kier molecular flexibility index (Phi) is 5.84. The number of carbonyl (C=O) groups is 1. The molecule has 0 spiro atoms. The van der Waals surface area contributed by atoms with Gasteiger partial charge < -0.3 is 14.8 Å². The van der Waals surface area contributed by atoms with Crippen LogP contribution in [0.3, 0.4) is 0 Å². The molecule has 5 nitrogen and oxygen atoms in total. The maximum Gasteiger partial charge on any atom is 0.237 e. The Hall–Kier alpha value is -1.75. The summed E-state index contributed by atoms with van der Waals surface area (Å²) in [5, 5.41) is 3.26. The van der Waals surface area contributed by atoms with Gasteiger partial charge in [-0.15, -0.1) is 0 Å². The quantitative estimate of drug-likeness (QED) is 0.890. The Morgan fingerprint density at radius 3 is 2.72 bits per heavy atom. The lowest BCUT2D eigenvalue weighted by Gasteiger charge is -2.32. The highest BCUT2D eigenvalue weighted by molar-refractivity contribution is 5.81. The van der Waals surface area contributed by atoms with E-state index < -0.39 is 0 Å². The predicted molar refractivity (Wildman–Crippen MR) is 97.9 cm³/mol. The first-order chi connectivity index (χ1) is 12.0. The van der Waals surface area contributed by atoms with Gasteiger partial charge in [-0.25, -0.2) is 0 Å². The highest BCUT2D eigenvalue weighted by atomic mass is 16.6. The molecule has 1 aliphatic heterocycles. The smallest absolute Gasteiger partial charge is 0.237 e. The van der Waals surface area contributed by atoms with Crippen molar-refractivity contribution in [3.63, 3.8) is 0 Å². The van der Waals surface area contributed by atoms with Crippen LogP contribution < -0.4 is 14.8 Å². The Morgan fingerprint density at radius 1 is 1.24 bits per heavy atom. The van der Waals surface area contributed by atoms with Crippen LogP contribution >= 0.6 is 0 Å². The third-order valence-electron chi connectivity index (χ3n) is 5.52. The van der Waals surface area contributed by atoms with Crippen molar-refractivity contribution in [3.05, 3.63) is 23.8 Å². The van der Waals surface area contributed by atoms with Gasteiger partial charge in [0.2, 0.25) is 5.91 Å². The third kappa shape index (κ3) is 4.46. The highest BCUT2D eigenvalue weighted by Gasteiger charge is 2.26. The van der Waals surface area contributed by atoms with E-state index >= 15 is 0 Å². The van der Waals surface area contributed by atoms with Gasteiger partial charge >= 0.3 is 0 Å². The van der Waals surface area contributed by atoms with Gasteiger partial charge in [-0.05, 0) is 50.4 Å². The highest BCUT2D eigenvalue weighted by Crippen LogP contribution is 2.31. The van der Waals surface area contributed by atoms with Gasteiger partial charge in [-0.2, -0.15) is 0 Å². The first-order valence-electron chi connectivity index (χ1n) is 9.43. The molecule has 1 heterocycles. The van der Waals surface area contributed by atoms with Gasteiger partial charge in [0.05, 0.1) is 6.04 Å². The summed E-state index contributed by atoms with van der Waals surface area (Å²) in [7, 11) is 1.99. The zero-order valence-electron chi connectivity index (χ0n) is 15.6. The van der Waals surface area contributed by atoms with Crippen molar-refractivity contribution in [2.24, 2.45) is 5.92 Å². The van der Waals surface area contributed by atoms with Gasteiger partial charge in [0.25, 0.3) is 0 Å². The van der Waals surface area contributed by atoms with Crippen LogP contribution in [0, 0.1) is 5.92 Å². The third-order valence-corrected chi connectivity index (χ3v) is 5.52. The van der Waals surface area contributed by atoms with Crippen LogP contribution in [0.25, 0.3) is 0 Å². The second-order valence-electron chi connectivity index (χ2n) is 7.45. The number of rotatable bonds is 5. The zero-order chi connectivity index (χ0) is 17.8. The lowest BCUT2D eigenvalue weighted by molar-refractivity contribution is -0.126. The Balaban J connectivity index is 1.56. The second-order valence-corrected chi connectivity index (χ2v) is 7.45. The fraction of sp³-hybridized carbons (Fsp3) is 0.650. The summed E-state index contributed by atoms with van der Waals surface area (Å²) in [6.07, 6.45) is 4.82. The molecule has 0 aromatic heterocycles. The largest absolute Gasteiger partial charge is 0.486 e. The molecular formula is C20H30N2O3. The molecule has 1 saturated carbocycles. The van der Waals surface area contributed by atoms with Crippen molar-refractivity contribution in [2.75, 3.05) is 20.3 Å². The number of amides is 1. The van der Waals surface area contributed by atoms with Crippen LogP contribution in [-0.2, 0) is 11.3 Å². The molecule has 25 heavy (non-hydrogen) atoms. The number of fused-ring (bicyclic) bond motifs is 1. The summed E-state index contributed by atoms with van der Waals surface area (Å²) in [6.45, 7) is 6.10. The van der Waals surface area contributed by atoms with Gasteiger partial charge in [0, 0.05) is 12.6 Å². The molecule has 2 aliphatic rings. The predicted octanol–water partition coefficient (Wildman–Crippen LogP) is 2.97. The molecule has 1 aromatic rings. The number of nitrogens with zero attached hydrogens (tertiary/aromatic N) is 1. The van der Waals surface area contributed by atoms with E-state index in [0.717, 1.165) is 23.5 Å². The lowest BCUT2D eigenvalue weighted by atomic mass is 9.86. The number of hydrogen-bond donors (Lipinski definition) is 1. The number of hydrogen-bond acceptors (Lipinski definition) is 4. The van der Waals surface area contributed by atoms with Crippen LogP contribution in [0.1, 0.15) is 45.1 Å². The van der Waals surface area contributed by atoms with Gasteiger partial charge in [0.15, 0.2) is 11.5 Å². The van der Waals surface area contributed by atoms with Crippen LogP contribution in [0.5, 0.6) is 11.5 Å². The molecule has 0 saturated heterocycles. The molecule has 3 atom stereocenters. The molecule has 1 fully saturated rings. The Labute approximate surface area is 150 Å². The van der Waals surface area contributed by atoms with E-state index in [1.54, 1.807) is 0 Å². The number of benzene rings is 1. The fourth-order valence-corrected chi connectivity index (χ4v) is 3.65. The first kappa shape index (κ1) is 18.1. The normalized spacial score (nSPS) is 24.0. The summed E-state index contributed by atoms with van der Waals surface area (Å²) in [5.74, 6) is 2.30. The van der Waals surface area contributed by atoms with E-state index in [1.807, 2.05) is 32.2 Å². The molecule has 0 bridgehead atoms.